The number of carboxylic acid groups (broad SMARTS) is 1. The van der Waals surface area contributed by atoms with Gasteiger partial charge in [-0.25, -0.2) is 4.98 Å². The number of carbonyl (C=O) groups excluding carboxylic acids is 1. The van der Waals surface area contributed by atoms with Crippen LogP contribution in [-0.2, 0) is 9.59 Å². The molecular formula is C13H14ClN3O3. The predicted octanol–water partition coefficient (Wildman–Crippen LogP) is 0.718. The lowest BCUT2D eigenvalue weighted by atomic mass is 10.4. The molecule has 0 atom stereocenters. The van der Waals surface area contributed by atoms with Crippen molar-refractivity contribution in [3.63, 3.8) is 0 Å². The topological polar surface area (TPSA) is 73.7 Å². The molecule has 1 amide bonds. The van der Waals surface area contributed by atoms with Crippen molar-refractivity contribution in [3.05, 3.63) is 23.4 Å². The number of rotatable bonds is 6. The van der Waals surface area contributed by atoms with Crippen molar-refractivity contribution in [2.75, 3.05) is 31.6 Å². The first-order valence-electron chi connectivity index (χ1n) is 5.69. The number of halogens is 1. The van der Waals surface area contributed by atoms with E-state index in [1.54, 1.807) is 24.1 Å². The summed E-state index contributed by atoms with van der Waals surface area (Å²) in [5.74, 6) is 1.32. The molecule has 1 rings (SSSR count). The van der Waals surface area contributed by atoms with E-state index in [1.165, 1.54) is 6.20 Å². The van der Waals surface area contributed by atoms with Crippen molar-refractivity contribution in [3.8, 4) is 12.3 Å². The lowest BCUT2D eigenvalue weighted by molar-refractivity contribution is -0.143. The van der Waals surface area contributed by atoms with E-state index in [1.807, 2.05) is 0 Å². The minimum atomic E-state index is -1.11. The lowest BCUT2D eigenvalue weighted by Crippen LogP contribution is -2.42. The molecule has 106 valence electrons. The molecule has 0 aliphatic carbocycles. The second kappa shape index (κ2) is 7.36. The van der Waals surface area contributed by atoms with Crippen LogP contribution in [0.15, 0.2) is 18.3 Å². The van der Waals surface area contributed by atoms with Crippen molar-refractivity contribution >= 4 is 29.3 Å². The van der Waals surface area contributed by atoms with Gasteiger partial charge in [0.05, 0.1) is 18.1 Å². The number of hydrogen-bond donors (Lipinski definition) is 1. The first kappa shape index (κ1) is 15.8. The van der Waals surface area contributed by atoms with Crippen LogP contribution in [0.2, 0.25) is 5.02 Å². The van der Waals surface area contributed by atoms with Gasteiger partial charge in [-0.1, -0.05) is 17.5 Å². The zero-order valence-corrected chi connectivity index (χ0v) is 11.7. The quantitative estimate of drug-likeness (QED) is 0.783. The molecule has 0 fully saturated rings. The van der Waals surface area contributed by atoms with Gasteiger partial charge in [0.15, 0.2) is 0 Å². The Morgan fingerprint density at radius 2 is 2.15 bits per heavy atom. The Morgan fingerprint density at radius 1 is 1.45 bits per heavy atom. The van der Waals surface area contributed by atoms with E-state index in [0.717, 1.165) is 4.90 Å². The molecule has 0 spiro atoms. The molecule has 0 aliphatic rings. The van der Waals surface area contributed by atoms with Crippen molar-refractivity contribution in [1.29, 1.82) is 0 Å². The third kappa shape index (κ3) is 4.78. The summed E-state index contributed by atoms with van der Waals surface area (Å²) in [7, 11) is 1.67. The highest BCUT2D eigenvalue weighted by Crippen LogP contribution is 2.12. The highest BCUT2D eigenvalue weighted by atomic mass is 35.5. The maximum Gasteiger partial charge on any atom is 0.323 e. The molecule has 0 saturated heterocycles. The van der Waals surface area contributed by atoms with Crippen LogP contribution in [0, 0.1) is 12.3 Å². The van der Waals surface area contributed by atoms with Crippen LogP contribution in [0.25, 0.3) is 0 Å². The first-order valence-corrected chi connectivity index (χ1v) is 6.07. The normalized spacial score (nSPS) is 9.65. The Morgan fingerprint density at radius 3 is 2.65 bits per heavy atom. The van der Waals surface area contributed by atoms with E-state index < -0.39 is 12.5 Å². The molecule has 7 heteroatoms. The number of aromatic nitrogens is 1. The number of carbonyl (C=O) groups is 2. The van der Waals surface area contributed by atoms with Gasteiger partial charge in [-0.2, -0.15) is 0 Å². The van der Waals surface area contributed by atoms with Gasteiger partial charge >= 0.3 is 5.97 Å². The Labute approximate surface area is 122 Å². The molecule has 0 aliphatic heterocycles. The zero-order chi connectivity index (χ0) is 15.1. The van der Waals surface area contributed by atoms with Crippen LogP contribution in [0.5, 0.6) is 0 Å². The van der Waals surface area contributed by atoms with E-state index in [2.05, 4.69) is 10.9 Å². The van der Waals surface area contributed by atoms with Crippen LogP contribution >= 0.6 is 11.6 Å². The second-order valence-electron chi connectivity index (χ2n) is 4.04. The fourth-order valence-electron chi connectivity index (χ4n) is 1.48. The molecule has 0 bridgehead atoms. The summed E-state index contributed by atoms with van der Waals surface area (Å²) in [5, 5.41) is 9.23. The van der Waals surface area contributed by atoms with Crippen LogP contribution in [0.1, 0.15) is 0 Å². The number of likely N-dealkylation sites (N-methyl/N-ethyl adjacent to an activating group) is 1. The fraction of sp³-hybridized carbons (Fsp3) is 0.308. The molecule has 1 N–H and O–H groups in total. The monoisotopic (exact) mass is 295 g/mol. The van der Waals surface area contributed by atoms with Gasteiger partial charge in [-0.05, 0) is 12.1 Å². The van der Waals surface area contributed by atoms with E-state index in [9.17, 15) is 9.59 Å². The van der Waals surface area contributed by atoms with E-state index in [4.69, 9.17) is 23.1 Å². The smallest absolute Gasteiger partial charge is 0.323 e. The van der Waals surface area contributed by atoms with Crippen molar-refractivity contribution in [1.82, 2.24) is 9.88 Å². The number of pyridine rings is 1. The van der Waals surface area contributed by atoms with Gasteiger partial charge in [0, 0.05) is 13.2 Å². The Bertz CT molecular complexity index is 525. The number of carboxylic acids is 1. The van der Waals surface area contributed by atoms with E-state index in [0.29, 0.717) is 10.8 Å². The average molecular weight is 296 g/mol. The molecule has 6 nitrogen and oxygen atoms in total. The number of terminal acetylenes is 1. The standard InChI is InChI=1S/C13H14ClN3O3/c1-3-6-17(9-13(19)20)12(18)8-16(2)11-5-4-10(14)7-15-11/h1,4-5,7H,6,8-9H2,2H3,(H,19,20). The number of nitrogens with zero attached hydrogens (tertiary/aromatic N) is 3. The minimum Gasteiger partial charge on any atom is -0.480 e. The van der Waals surface area contributed by atoms with Gasteiger partial charge in [-0.3, -0.25) is 9.59 Å². The summed E-state index contributed by atoms with van der Waals surface area (Å²) in [6.07, 6.45) is 6.59. The number of anilines is 1. The molecule has 1 heterocycles. The van der Waals surface area contributed by atoms with Crippen LogP contribution < -0.4 is 4.90 Å². The summed E-state index contributed by atoms with van der Waals surface area (Å²) in [6, 6.07) is 3.32. The van der Waals surface area contributed by atoms with Crippen LogP contribution in [0.4, 0.5) is 5.82 Å². The third-order valence-corrected chi connectivity index (χ3v) is 2.66. The van der Waals surface area contributed by atoms with Crippen molar-refractivity contribution in [2.24, 2.45) is 0 Å². The molecule has 0 aromatic carbocycles. The summed E-state index contributed by atoms with van der Waals surface area (Å²) in [4.78, 5) is 29.4. The molecular weight excluding hydrogens is 282 g/mol. The number of hydrogen-bond acceptors (Lipinski definition) is 4. The molecule has 1 aromatic heterocycles. The van der Waals surface area contributed by atoms with Gasteiger partial charge in [0.2, 0.25) is 5.91 Å². The summed E-state index contributed by atoms with van der Waals surface area (Å²) < 4.78 is 0. The Hall–Kier alpha value is -2.26. The number of amides is 1. The highest BCUT2D eigenvalue weighted by molar-refractivity contribution is 6.30. The Kier molecular flexibility index (Phi) is 5.81. The molecule has 0 saturated carbocycles. The van der Waals surface area contributed by atoms with Gasteiger partial charge < -0.3 is 14.9 Å². The van der Waals surface area contributed by atoms with E-state index in [-0.39, 0.29) is 19.0 Å². The Balaban J connectivity index is 2.69. The molecule has 0 unspecified atom stereocenters. The van der Waals surface area contributed by atoms with Crippen molar-refractivity contribution < 1.29 is 14.7 Å². The van der Waals surface area contributed by atoms with Gasteiger partial charge in [0.1, 0.15) is 12.4 Å². The SMILES string of the molecule is C#CCN(CC(=O)O)C(=O)CN(C)c1ccc(Cl)cn1. The van der Waals surface area contributed by atoms with Crippen LogP contribution in [0.3, 0.4) is 0 Å². The summed E-state index contributed by atoms with van der Waals surface area (Å²) >= 11 is 5.73. The number of aliphatic carboxylic acids is 1. The third-order valence-electron chi connectivity index (χ3n) is 2.44. The largest absolute Gasteiger partial charge is 0.480 e. The van der Waals surface area contributed by atoms with Crippen LogP contribution in [-0.4, -0.2) is 53.5 Å². The minimum absolute atomic E-state index is 0.0242. The van der Waals surface area contributed by atoms with Gasteiger partial charge in [-0.15, -0.1) is 6.42 Å². The predicted molar refractivity (Wildman–Crippen MR) is 75.6 cm³/mol. The molecule has 0 radical (unpaired) electrons. The maximum atomic E-state index is 12.0. The molecule has 1 aromatic rings. The van der Waals surface area contributed by atoms with Gasteiger partial charge in [0.25, 0.3) is 0 Å². The van der Waals surface area contributed by atoms with E-state index >= 15 is 0 Å². The maximum absolute atomic E-state index is 12.0. The van der Waals surface area contributed by atoms with Crippen molar-refractivity contribution in [2.45, 2.75) is 0 Å². The average Bonchev–Trinajstić information content (AvgIpc) is 2.38. The summed E-state index contributed by atoms with van der Waals surface area (Å²) in [6.45, 7) is -0.498. The fourth-order valence-corrected chi connectivity index (χ4v) is 1.60. The second-order valence-corrected chi connectivity index (χ2v) is 4.47. The lowest BCUT2D eigenvalue weighted by Gasteiger charge is -2.23. The highest BCUT2D eigenvalue weighted by Gasteiger charge is 2.18. The summed E-state index contributed by atoms with van der Waals surface area (Å²) in [5.41, 5.74) is 0. The first-order chi connectivity index (χ1) is 9.43. The zero-order valence-electron chi connectivity index (χ0n) is 10.9. The molecule has 20 heavy (non-hydrogen) atoms.